The van der Waals surface area contributed by atoms with Crippen molar-refractivity contribution in [2.24, 2.45) is 5.92 Å². The van der Waals surface area contributed by atoms with Gasteiger partial charge in [-0.1, -0.05) is 13.8 Å². The number of nitrogens with one attached hydrogen (secondary N) is 1. The number of nitrogens with zero attached hydrogens (tertiary/aromatic N) is 1. The quantitative estimate of drug-likeness (QED) is 0.811. The van der Waals surface area contributed by atoms with E-state index in [9.17, 15) is 4.79 Å². The van der Waals surface area contributed by atoms with Crippen LogP contribution in [0.5, 0.6) is 0 Å². The van der Waals surface area contributed by atoms with Crippen LogP contribution in [0.25, 0.3) is 0 Å². The van der Waals surface area contributed by atoms with E-state index in [1.807, 2.05) is 26.2 Å². The molecule has 0 aromatic carbocycles. The summed E-state index contributed by atoms with van der Waals surface area (Å²) in [5.74, 6) is 0.297. The summed E-state index contributed by atoms with van der Waals surface area (Å²) in [6.07, 6.45) is 0.915. The van der Waals surface area contributed by atoms with Gasteiger partial charge in [0.25, 0.3) is 0 Å². The summed E-state index contributed by atoms with van der Waals surface area (Å²) < 4.78 is 0. The van der Waals surface area contributed by atoms with Crippen LogP contribution in [0.15, 0.2) is 5.38 Å². The molecule has 1 heterocycles. The molecule has 0 aliphatic heterocycles. The fourth-order valence-electron chi connectivity index (χ4n) is 1.62. The van der Waals surface area contributed by atoms with Crippen molar-refractivity contribution in [2.75, 3.05) is 6.61 Å². The summed E-state index contributed by atoms with van der Waals surface area (Å²) in [7, 11) is 0. The number of rotatable bonds is 6. The zero-order chi connectivity index (χ0) is 12.8. The third kappa shape index (κ3) is 4.83. The van der Waals surface area contributed by atoms with Crippen LogP contribution in [0.4, 0.5) is 0 Å². The number of hydrogen-bond acceptors (Lipinski definition) is 4. The van der Waals surface area contributed by atoms with Crippen LogP contribution in [-0.2, 0) is 11.2 Å². The first-order valence-corrected chi connectivity index (χ1v) is 6.72. The molecule has 1 atom stereocenters. The molecule has 2 N–H and O–H groups in total. The van der Waals surface area contributed by atoms with Gasteiger partial charge in [-0.2, -0.15) is 0 Å². The lowest BCUT2D eigenvalue weighted by Crippen LogP contribution is -2.40. The van der Waals surface area contributed by atoms with Gasteiger partial charge in [0.1, 0.15) is 0 Å². The second-order valence-electron chi connectivity index (χ2n) is 4.46. The summed E-state index contributed by atoms with van der Waals surface area (Å²) in [6, 6.07) is 0.0345. The molecule has 4 nitrogen and oxygen atoms in total. The molecule has 1 rings (SSSR count). The van der Waals surface area contributed by atoms with E-state index < -0.39 is 0 Å². The highest BCUT2D eigenvalue weighted by Crippen LogP contribution is 2.10. The van der Waals surface area contributed by atoms with Gasteiger partial charge < -0.3 is 10.4 Å². The van der Waals surface area contributed by atoms with Gasteiger partial charge in [-0.15, -0.1) is 11.3 Å². The zero-order valence-electron chi connectivity index (χ0n) is 10.6. The number of amides is 1. The lowest BCUT2D eigenvalue weighted by molar-refractivity contribution is -0.121. The minimum Gasteiger partial charge on any atom is -0.396 e. The van der Waals surface area contributed by atoms with E-state index in [4.69, 9.17) is 5.11 Å². The molecule has 0 saturated heterocycles. The van der Waals surface area contributed by atoms with E-state index >= 15 is 0 Å². The molecule has 0 fully saturated rings. The van der Waals surface area contributed by atoms with Crippen molar-refractivity contribution in [1.82, 2.24) is 10.3 Å². The Morgan fingerprint density at radius 2 is 2.29 bits per heavy atom. The summed E-state index contributed by atoms with van der Waals surface area (Å²) in [6.45, 7) is 6.09. The number of aliphatic hydroxyl groups is 1. The Kier molecular flexibility index (Phi) is 5.58. The van der Waals surface area contributed by atoms with Crippen molar-refractivity contribution < 1.29 is 9.90 Å². The molecule has 1 aromatic rings. The maximum absolute atomic E-state index is 11.8. The van der Waals surface area contributed by atoms with Crippen molar-refractivity contribution in [1.29, 1.82) is 0 Å². The fraction of sp³-hybridized carbons (Fsp3) is 0.667. The molecular weight excluding hydrogens is 236 g/mol. The number of aryl methyl sites for hydroxylation is 1. The monoisotopic (exact) mass is 256 g/mol. The molecule has 0 aliphatic carbocycles. The standard InChI is InChI=1S/C12H20N2O2S/c1-8(2)11(4-5-15)14-12(16)6-10-7-17-9(3)13-10/h7-8,11,15H,4-6H2,1-3H3,(H,14,16). The second kappa shape index (κ2) is 6.71. The van der Waals surface area contributed by atoms with E-state index in [-0.39, 0.29) is 18.6 Å². The predicted molar refractivity (Wildman–Crippen MR) is 69.0 cm³/mol. The third-order valence-electron chi connectivity index (χ3n) is 2.60. The zero-order valence-corrected chi connectivity index (χ0v) is 11.4. The Morgan fingerprint density at radius 1 is 1.59 bits per heavy atom. The average molecular weight is 256 g/mol. The Hall–Kier alpha value is -0.940. The topological polar surface area (TPSA) is 62.2 Å². The number of aromatic nitrogens is 1. The largest absolute Gasteiger partial charge is 0.396 e. The van der Waals surface area contributed by atoms with E-state index in [1.54, 1.807) is 11.3 Å². The Bertz CT molecular complexity index is 363. The summed E-state index contributed by atoms with van der Waals surface area (Å²) in [4.78, 5) is 16.0. The minimum atomic E-state index is -0.0255. The smallest absolute Gasteiger partial charge is 0.226 e. The van der Waals surface area contributed by atoms with Gasteiger partial charge >= 0.3 is 0 Å². The SMILES string of the molecule is Cc1nc(CC(=O)NC(CCO)C(C)C)cs1. The number of aliphatic hydroxyl groups excluding tert-OH is 1. The number of carbonyl (C=O) groups is 1. The highest BCUT2D eigenvalue weighted by Gasteiger charge is 2.16. The van der Waals surface area contributed by atoms with Crippen molar-refractivity contribution in [3.05, 3.63) is 16.1 Å². The predicted octanol–water partition coefficient (Wildman–Crippen LogP) is 1.52. The molecule has 17 heavy (non-hydrogen) atoms. The first-order chi connectivity index (χ1) is 8.02. The van der Waals surface area contributed by atoms with Crippen LogP contribution in [0, 0.1) is 12.8 Å². The van der Waals surface area contributed by atoms with Gasteiger partial charge in [0.15, 0.2) is 0 Å². The minimum absolute atomic E-state index is 0.0255. The number of thiazole rings is 1. The molecule has 1 aromatic heterocycles. The van der Waals surface area contributed by atoms with Crippen LogP contribution < -0.4 is 5.32 Å². The molecule has 0 bridgehead atoms. The summed E-state index contributed by atoms with van der Waals surface area (Å²) in [5.41, 5.74) is 0.816. The van der Waals surface area contributed by atoms with Gasteiger partial charge in [-0.3, -0.25) is 4.79 Å². The van der Waals surface area contributed by atoms with Gasteiger partial charge in [0.05, 0.1) is 17.1 Å². The molecule has 5 heteroatoms. The molecule has 1 unspecified atom stereocenters. The molecule has 0 spiro atoms. The third-order valence-corrected chi connectivity index (χ3v) is 3.42. The van der Waals surface area contributed by atoms with Crippen molar-refractivity contribution in [2.45, 2.75) is 39.7 Å². The number of hydrogen-bond donors (Lipinski definition) is 2. The normalized spacial score (nSPS) is 12.8. The lowest BCUT2D eigenvalue weighted by atomic mass is 10.0. The summed E-state index contributed by atoms with van der Waals surface area (Å²) in [5, 5.41) is 14.8. The maximum Gasteiger partial charge on any atom is 0.226 e. The summed E-state index contributed by atoms with van der Waals surface area (Å²) >= 11 is 1.55. The molecule has 96 valence electrons. The van der Waals surface area contributed by atoms with E-state index in [1.165, 1.54) is 0 Å². The van der Waals surface area contributed by atoms with Crippen LogP contribution in [0.3, 0.4) is 0 Å². The van der Waals surface area contributed by atoms with Gasteiger partial charge in [-0.25, -0.2) is 4.98 Å². The van der Waals surface area contributed by atoms with Crippen LogP contribution in [0.1, 0.15) is 31.0 Å². The molecule has 0 saturated carbocycles. The van der Waals surface area contributed by atoms with E-state index in [0.29, 0.717) is 18.8 Å². The van der Waals surface area contributed by atoms with Crippen LogP contribution in [0.2, 0.25) is 0 Å². The second-order valence-corrected chi connectivity index (χ2v) is 5.53. The molecular formula is C12H20N2O2S. The van der Waals surface area contributed by atoms with Crippen LogP contribution >= 0.6 is 11.3 Å². The Labute approximate surface area is 106 Å². The van der Waals surface area contributed by atoms with E-state index in [2.05, 4.69) is 10.3 Å². The van der Waals surface area contributed by atoms with Crippen molar-refractivity contribution in [3.8, 4) is 0 Å². The van der Waals surface area contributed by atoms with Gasteiger partial charge in [0, 0.05) is 18.0 Å². The van der Waals surface area contributed by atoms with Gasteiger partial charge in [-0.05, 0) is 19.3 Å². The van der Waals surface area contributed by atoms with Gasteiger partial charge in [0.2, 0.25) is 5.91 Å². The highest BCUT2D eigenvalue weighted by atomic mass is 32.1. The first-order valence-electron chi connectivity index (χ1n) is 5.84. The van der Waals surface area contributed by atoms with E-state index in [0.717, 1.165) is 10.7 Å². The maximum atomic E-state index is 11.8. The lowest BCUT2D eigenvalue weighted by Gasteiger charge is -2.21. The van der Waals surface area contributed by atoms with Crippen molar-refractivity contribution in [3.63, 3.8) is 0 Å². The molecule has 0 radical (unpaired) electrons. The molecule has 0 aliphatic rings. The molecule has 1 amide bonds. The van der Waals surface area contributed by atoms with Crippen molar-refractivity contribution >= 4 is 17.2 Å². The Balaban J connectivity index is 2.47. The Morgan fingerprint density at radius 3 is 2.76 bits per heavy atom. The first kappa shape index (κ1) is 14.1. The fourth-order valence-corrected chi connectivity index (χ4v) is 2.24. The highest BCUT2D eigenvalue weighted by molar-refractivity contribution is 7.09. The number of carbonyl (C=O) groups excluding carboxylic acids is 1. The van der Waals surface area contributed by atoms with Crippen LogP contribution in [-0.4, -0.2) is 28.6 Å². The average Bonchev–Trinajstić information content (AvgIpc) is 2.63.